The monoisotopic (exact) mass is 827 g/mol. The number of hydrogen-bond donors (Lipinski definition) is 1. The van der Waals surface area contributed by atoms with E-state index in [0.29, 0.717) is 64.0 Å². The molecule has 1 saturated heterocycles. The standard InChI is InChI=1S/C42H55F10NO4/c1-4-38(55)20-18-31-34-27(14-8-7-12-22-53(3)21-11-6-5-10-19-39(44,45)40(46,47)41(48,49)42(50,51)52)24-28-25-29(57-36(54)33-15-9-13-23-56-33)16-17-30(28)35(34)32(43)26-37(31,38)2/h1,16-17,25,27,31-35,55H,5-15,18-24,26H2,2-3H3/t27-,31+,32+,33?,34+,35+,37+,38+/m1/s1. The molecule has 57 heavy (non-hydrogen) atoms. The van der Waals surface area contributed by atoms with Gasteiger partial charge in [0.25, 0.3) is 0 Å². The van der Waals surface area contributed by atoms with E-state index in [1.54, 1.807) is 6.07 Å². The second-order valence-corrected chi connectivity index (χ2v) is 17.2. The molecular formula is C42H55F10NO4. The molecule has 1 aromatic rings. The molecule has 1 heterocycles. The number of aliphatic hydroxyl groups is 1. The molecule has 1 N–H and O–H groups in total. The average molecular weight is 828 g/mol. The lowest BCUT2D eigenvalue weighted by Crippen LogP contribution is -2.60. The Morgan fingerprint density at radius 1 is 0.965 bits per heavy atom. The Balaban J connectivity index is 1.13. The SMILES string of the molecule is C#C[C@]1(O)CC[C@H]2[C@@H]3[C@H](CCCCCN(C)CCCCCCC(F)(F)C(F)(F)C(F)(F)C(F)(F)F)Cc4cc(OC(=O)C5CCCCO5)ccc4[C@H]3[C@@H](F)C[C@@]21C. The molecule has 4 aliphatic rings. The van der Waals surface area contributed by atoms with Gasteiger partial charge in [-0.05, 0) is 132 Å². The van der Waals surface area contributed by atoms with Gasteiger partial charge < -0.3 is 19.5 Å². The molecule has 322 valence electrons. The van der Waals surface area contributed by atoms with Crippen LogP contribution in [0.15, 0.2) is 18.2 Å². The van der Waals surface area contributed by atoms with E-state index in [0.717, 1.165) is 49.7 Å². The fraction of sp³-hybridized carbons (Fsp3) is 0.786. The van der Waals surface area contributed by atoms with E-state index in [1.807, 2.05) is 31.0 Å². The first-order chi connectivity index (χ1) is 26.6. The molecule has 0 aromatic heterocycles. The molecular weight excluding hydrogens is 772 g/mol. The summed E-state index contributed by atoms with van der Waals surface area (Å²) in [5, 5.41) is 11.5. The summed E-state index contributed by atoms with van der Waals surface area (Å²) in [5.41, 5.74) is -0.310. The van der Waals surface area contributed by atoms with Crippen LogP contribution in [-0.2, 0) is 16.0 Å². The number of unbranched alkanes of at least 4 members (excludes halogenated alkanes) is 5. The molecule has 0 spiro atoms. The number of fused-ring (bicyclic) bond motifs is 5. The maximum atomic E-state index is 16.6. The quantitative estimate of drug-likeness (QED) is 0.0557. The minimum atomic E-state index is -6.86. The van der Waals surface area contributed by atoms with Gasteiger partial charge in [0.15, 0.2) is 6.10 Å². The number of halogens is 10. The summed E-state index contributed by atoms with van der Waals surface area (Å²) < 4.78 is 146. The molecule has 1 aliphatic heterocycles. The number of rotatable bonds is 17. The Morgan fingerprint density at radius 2 is 1.63 bits per heavy atom. The van der Waals surface area contributed by atoms with Crippen LogP contribution in [0.3, 0.4) is 0 Å². The first-order valence-corrected chi connectivity index (χ1v) is 20.3. The summed E-state index contributed by atoms with van der Waals surface area (Å²) in [6.45, 7) is 3.67. The van der Waals surface area contributed by atoms with E-state index in [9.17, 15) is 49.4 Å². The van der Waals surface area contributed by atoms with Gasteiger partial charge in [0.05, 0.1) is 0 Å². The predicted molar refractivity (Wildman–Crippen MR) is 193 cm³/mol. The van der Waals surface area contributed by atoms with Crippen molar-refractivity contribution in [1.82, 2.24) is 4.90 Å². The van der Waals surface area contributed by atoms with Crippen LogP contribution >= 0.6 is 0 Å². The van der Waals surface area contributed by atoms with Gasteiger partial charge in [-0.15, -0.1) is 6.42 Å². The number of benzene rings is 1. The zero-order chi connectivity index (χ0) is 42.0. The number of esters is 1. The molecule has 5 rings (SSSR count). The average Bonchev–Trinajstić information content (AvgIpc) is 3.41. The predicted octanol–water partition coefficient (Wildman–Crippen LogP) is 10.5. The van der Waals surface area contributed by atoms with Gasteiger partial charge in [0, 0.05) is 24.4 Å². The third-order valence-electron chi connectivity index (χ3n) is 13.5. The third-order valence-corrected chi connectivity index (χ3v) is 13.5. The van der Waals surface area contributed by atoms with E-state index in [1.165, 1.54) is 0 Å². The third kappa shape index (κ3) is 9.13. The lowest BCUT2D eigenvalue weighted by atomic mass is 9.50. The molecule has 0 bridgehead atoms. The molecule has 15 heteroatoms. The van der Waals surface area contributed by atoms with Crippen molar-refractivity contribution in [3.63, 3.8) is 0 Å². The van der Waals surface area contributed by atoms with Crippen molar-refractivity contribution in [2.24, 2.45) is 23.2 Å². The van der Waals surface area contributed by atoms with Crippen molar-refractivity contribution in [2.45, 2.75) is 157 Å². The highest BCUT2D eigenvalue weighted by Crippen LogP contribution is 2.66. The molecule has 0 radical (unpaired) electrons. The molecule has 8 atom stereocenters. The van der Waals surface area contributed by atoms with Crippen molar-refractivity contribution in [2.75, 3.05) is 26.7 Å². The first-order valence-electron chi connectivity index (χ1n) is 20.3. The zero-order valence-electron chi connectivity index (χ0n) is 32.6. The number of ether oxygens (including phenoxy) is 2. The number of hydrogen-bond acceptors (Lipinski definition) is 5. The molecule has 1 unspecified atom stereocenters. The summed E-state index contributed by atoms with van der Waals surface area (Å²) in [4.78, 5) is 14.9. The Labute approximate surface area is 328 Å². The second-order valence-electron chi connectivity index (χ2n) is 17.2. The smallest absolute Gasteiger partial charge is 0.425 e. The summed E-state index contributed by atoms with van der Waals surface area (Å²) in [7, 11) is 1.86. The highest BCUT2D eigenvalue weighted by Gasteiger charge is 2.81. The number of carbonyl (C=O) groups is 1. The van der Waals surface area contributed by atoms with Crippen LogP contribution in [0.2, 0.25) is 0 Å². The summed E-state index contributed by atoms with van der Waals surface area (Å²) in [6, 6.07) is 5.47. The summed E-state index contributed by atoms with van der Waals surface area (Å²) in [6.07, 6.45) is 3.12. The van der Waals surface area contributed by atoms with E-state index >= 15 is 4.39 Å². The van der Waals surface area contributed by atoms with Crippen LogP contribution in [-0.4, -0.2) is 84.5 Å². The number of carbonyl (C=O) groups excluding carboxylic acids is 1. The zero-order valence-corrected chi connectivity index (χ0v) is 32.6. The lowest BCUT2D eigenvalue weighted by molar-refractivity contribution is -0.396. The fourth-order valence-electron chi connectivity index (χ4n) is 10.2. The number of terminal acetylenes is 1. The van der Waals surface area contributed by atoms with Gasteiger partial charge in [0.2, 0.25) is 0 Å². The summed E-state index contributed by atoms with van der Waals surface area (Å²) in [5.74, 6) is -16.7. The highest BCUT2D eigenvalue weighted by atomic mass is 19.4. The Hall–Kier alpha value is -2.57. The molecule has 1 aromatic carbocycles. The molecule has 3 fully saturated rings. The van der Waals surface area contributed by atoms with Crippen molar-refractivity contribution in [3.8, 4) is 18.1 Å². The molecule has 0 amide bonds. The Bertz CT molecular complexity index is 1580. The van der Waals surface area contributed by atoms with Crippen molar-refractivity contribution in [3.05, 3.63) is 29.3 Å². The molecule has 5 nitrogen and oxygen atoms in total. The van der Waals surface area contributed by atoms with Crippen LogP contribution in [0.4, 0.5) is 43.9 Å². The van der Waals surface area contributed by atoms with Gasteiger partial charge in [0.1, 0.15) is 17.5 Å². The number of nitrogens with zero attached hydrogens (tertiary/aromatic N) is 1. The maximum absolute atomic E-state index is 16.6. The van der Waals surface area contributed by atoms with Crippen LogP contribution in [0.1, 0.15) is 120 Å². The largest absolute Gasteiger partial charge is 0.460 e. The molecule has 2 saturated carbocycles. The van der Waals surface area contributed by atoms with Crippen molar-refractivity contribution < 1.29 is 63.3 Å². The van der Waals surface area contributed by atoms with Crippen LogP contribution in [0, 0.1) is 35.5 Å². The fourth-order valence-corrected chi connectivity index (χ4v) is 10.2. The summed E-state index contributed by atoms with van der Waals surface area (Å²) >= 11 is 0. The van der Waals surface area contributed by atoms with Crippen molar-refractivity contribution >= 4 is 5.97 Å². The minimum absolute atomic E-state index is 0.0179. The van der Waals surface area contributed by atoms with Gasteiger partial charge in [-0.25, -0.2) is 9.18 Å². The Kier molecular flexibility index (Phi) is 14.0. The minimum Gasteiger partial charge on any atom is -0.425 e. The highest BCUT2D eigenvalue weighted by molar-refractivity contribution is 5.77. The maximum Gasteiger partial charge on any atom is 0.460 e. The number of alkyl halides is 10. The van der Waals surface area contributed by atoms with Gasteiger partial charge in [-0.3, -0.25) is 0 Å². The van der Waals surface area contributed by atoms with Crippen LogP contribution < -0.4 is 4.74 Å². The second kappa shape index (κ2) is 17.6. The van der Waals surface area contributed by atoms with Crippen LogP contribution in [0.5, 0.6) is 5.75 Å². The van der Waals surface area contributed by atoms with Gasteiger partial charge >= 0.3 is 29.9 Å². The van der Waals surface area contributed by atoms with E-state index in [-0.39, 0.29) is 30.6 Å². The van der Waals surface area contributed by atoms with E-state index < -0.39 is 72.0 Å². The topological polar surface area (TPSA) is 59.0 Å². The first kappa shape index (κ1) is 45.5. The lowest BCUT2D eigenvalue weighted by Gasteiger charge is -2.55. The van der Waals surface area contributed by atoms with E-state index in [2.05, 4.69) is 5.92 Å². The van der Waals surface area contributed by atoms with Crippen molar-refractivity contribution in [1.29, 1.82) is 0 Å². The molecule has 3 aliphatic carbocycles. The normalized spacial score (nSPS) is 30.7. The van der Waals surface area contributed by atoms with Crippen LogP contribution in [0.25, 0.3) is 0 Å². The van der Waals surface area contributed by atoms with Gasteiger partial charge in [-0.2, -0.15) is 39.5 Å². The Morgan fingerprint density at radius 3 is 2.26 bits per heavy atom. The van der Waals surface area contributed by atoms with E-state index in [4.69, 9.17) is 15.9 Å². The van der Waals surface area contributed by atoms with Gasteiger partial charge in [-0.1, -0.05) is 44.6 Å².